The zero-order valence-electron chi connectivity index (χ0n) is 15.8. The van der Waals surface area contributed by atoms with Crippen LogP contribution in [0, 0.1) is 21.3 Å². The number of nitro benzene ring substituents is 1. The Kier molecular flexibility index (Phi) is 4.99. The fraction of sp³-hybridized carbons (Fsp3) is 0.650. The SMILES string of the molecule is O=C1N([C@H]2CC[C@H](O)CC2)CCC12CCCN(c1ccc([N+](=O)[O-])cc1F)C2. The lowest BCUT2D eigenvalue weighted by molar-refractivity contribution is -0.385. The van der Waals surface area contributed by atoms with Gasteiger partial charge in [0.15, 0.2) is 5.82 Å². The summed E-state index contributed by atoms with van der Waals surface area (Å²) in [7, 11) is 0. The Labute approximate surface area is 163 Å². The number of aliphatic hydroxyl groups is 1. The van der Waals surface area contributed by atoms with Crippen LogP contribution in [-0.4, -0.2) is 52.6 Å². The first-order chi connectivity index (χ1) is 13.4. The summed E-state index contributed by atoms with van der Waals surface area (Å²) in [6.45, 7) is 1.81. The molecule has 1 amide bonds. The lowest BCUT2D eigenvalue weighted by Gasteiger charge is -2.41. The minimum Gasteiger partial charge on any atom is -0.393 e. The summed E-state index contributed by atoms with van der Waals surface area (Å²) < 4.78 is 14.5. The second kappa shape index (κ2) is 7.31. The third-order valence-corrected chi connectivity index (χ3v) is 6.71. The van der Waals surface area contributed by atoms with Gasteiger partial charge in [-0.05, 0) is 51.0 Å². The van der Waals surface area contributed by atoms with Crippen LogP contribution in [0.15, 0.2) is 18.2 Å². The summed E-state index contributed by atoms with van der Waals surface area (Å²) in [5.41, 5.74) is -0.435. The monoisotopic (exact) mass is 391 g/mol. The highest BCUT2D eigenvalue weighted by atomic mass is 19.1. The maximum atomic E-state index is 14.5. The number of hydrogen-bond donors (Lipinski definition) is 1. The number of anilines is 1. The molecule has 1 aromatic carbocycles. The Balaban J connectivity index is 1.50. The van der Waals surface area contributed by atoms with Gasteiger partial charge >= 0.3 is 0 Å². The van der Waals surface area contributed by atoms with Crippen LogP contribution in [0.4, 0.5) is 15.8 Å². The number of nitro groups is 1. The van der Waals surface area contributed by atoms with Gasteiger partial charge in [-0.1, -0.05) is 0 Å². The van der Waals surface area contributed by atoms with Crippen molar-refractivity contribution in [3.8, 4) is 0 Å². The van der Waals surface area contributed by atoms with Gasteiger partial charge in [0.25, 0.3) is 5.69 Å². The Morgan fingerprint density at radius 2 is 1.93 bits per heavy atom. The largest absolute Gasteiger partial charge is 0.393 e. The van der Waals surface area contributed by atoms with Gasteiger partial charge in [-0.25, -0.2) is 4.39 Å². The van der Waals surface area contributed by atoms with Crippen LogP contribution >= 0.6 is 0 Å². The summed E-state index contributed by atoms with van der Waals surface area (Å²) >= 11 is 0. The number of hydrogen-bond acceptors (Lipinski definition) is 5. The van der Waals surface area contributed by atoms with Crippen molar-refractivity contribution >= 4 is 17.3 Å². The molecular weight excluding hydrogens is 365 g/mol. The standard InChI is InChI=1S/C20H26FN3O4/c21-17-12-15(24(27)28)4-7-18(17)22-10-1-8-20(13-22)9-11-23(19(20)26)14-2-5-16(25)6-3-14/h4,7,12,14,16,25H,1-3,5-6,8-11,13H2/t14-,16-,20?. The lowest BCUT2D eigenvalue weighted by atomic mass is 9.78. The van der Waals surface area contributed by atoms with Gasteiger partial charge in [0.1, 0.15) is 0 Å². The van der Waals surface area contributed by atoms with Crippen LogP contribution in [0.1, 0.15) is 44.9 Å². The molecule has 1 unspecified atom stereocenters. The second-order valence-electron chi connectivity index (χ2n) is 8.41. The Hall–Kier alpha value is -2.22. The van der Waals surface area contributed by atoms with E-state index in [9.17, 15) is 24.4 Å². The fourth-order valence-electron chi connectivity index (χ4n) is 5.15. The predicted molar refractivity (Wildman–Crippen MR) is 102 cm³/mol. The number of piperidine rings is 1. The van der Waals surface area contributed by atoms with E-state index in [1.54, 1.807) is 0 Å². The normalized spacial score (nSPS) is 30.9. The molecule has 8 heteroatoms. The van der Waals surface area contributed by atoms with Gasteiger partial charge in [-0.15, -0.1) is 0 Å². The molecule has 2 heterocycles. The Morgan fingerprint density at radius 1 is 1.18 bits per heavy atom. The topological polar surface area (TPSA) is 86.9 Å². The molecule has 28 heavy (non-hydrogen) atoms. The first-order valence-corrected chi connectivity index (χ1v) is 10.1. The number of likely N-dealkylation sites (tertiary alicyclic amines) is 1. The first kappa shape index (κ1) is 19.1. The summed E-state index contributed by atoms with van der Waals surface area (Å²) in [4.78, 5) is 27.4. The number of halogens is 1. The van der Waals surface area contributed by atoms with Crippen LogP contribution in [-0.2, 0) is 4.79 Å². The van der Waals surface area contributed by atoms with Gasteiger partial charge in [0.2, 0.25) is 5.91 Å². The highest BCUT2D eigenvalue weighted by molar-refractivity contribution is 5.86. The van der Waals surface area contributed by atoms with E-state index in [1.807, 2.05) is 9.80 Å². The number of carbonyl (C=O) groups excluding carboxylic acids is 1. The van der Waals surface area contributed by atoms with Crippen LogP contribution in [0.3, 0.4) is 0 Å². The molecule has 1 atom stereocenters. The van der Waals surface area contributed by atoms with E-state index in [2.05, 4.69) is 0 Å². The molecule has 2 aliphatic heterocycles. The van der Waals surface area contributed by atoms with E-state index in [0.29, 0.717) is 18.8 Å². The molecule has 3 fully saturated rings. The summed E-state index contributed by atoms with van der Waals surface area (Å²) in [6.07, 6.45) is 5.24. The van der Waals surface area contributed by atoms with E-state index in [4.69, 9.17) is 0 Å². The smallest absolute Gasteiger partial charge is 0.272 e. The third-order valence-electron chi connectivity index (χ3n) is 6.71. The summed E-state index contributed by atoms with van der Waals surface area (Å²) in [5.74, 6) is -0.462. The average Bonchev–Trinajstić information content (AvgIpc) is 2.98. The van der Waals surface area contributed by atoms with E-state index in [1.165, 1.54) is 12.1 Å². The molecule has 1 spiro atoms. The Bertz CT molecular complexity index is 781. The Morgan fingerprint density at radius 3 is 2.61 bits per heavy atom. The molecule has 0 bridgehead atoms. The quantitative estimate of drug-likeness (QED) is 0.632. The predicted octanol–water partition coefficient (Wildman–Crippen LogP) is 2.86. The molecular formula is C20H26FN3O4. The minimum atomic E-state index is -0.616. The van der Waals surface area contributed by atoms with Crippen molar-refractivity contribution in [2.45, 2.75) is 57.1 Å². The van der Waals surface area contributed by atoms with Crippen molar-refractivity contribution in [2.75, 3.05) is 24.5 Å². The molecule has 152 valence electrons. The van der Waals surface area contributed by atoms with E-state index in [0.717, 1.165) is 57.6 Å². The molecule has 0 radical (unpaired) electrons. The molecule has 0 aromatic heterocycles. The van der Waals surface area contributed by atoms with E-state index in [-0.39, 0.29) is 23.7 Å². The molecule has 1 N–H and O–H groups in total. The number of carbonyl (C=O) groups is 1. The third kappa shape index (κ3) is 3.34. The van der Waals surface area contributed by atoms with Crippen molar-refractivity contribution < 1.29 is 19.2 Å². The molecule has 1 saturated carbocycles. The molecule has 4 rings (SSSR count). The van der Waals surface area contributed by atoms with Crippen LogP contribution < -0.4 is 4.90 Å². The second-order valence-corrected chi connectivity index (χ2v) is 8.41. The van der Waals surface area contributed by atoms with Gasteiger partial charge in [-0.2, -0.15) is 0 Å². The van der Waals surface area contributed by atoms with Crippen LogP contribution in [0.25, 0.3) is 0 Å². The maximum absolute atomic E-state index is 14.5. The highest BCUT2D eigenvalue weighted by Crippen LogP contribution is 2.44. The maximum Gasteiger partial charge on any atom is 0.272 e. The zero-order valence-corrected chi connectivity index (χ0v) is 15.8. The lowest BCUT2D eigenvalue weighted by Crippen LogP contribution is -2.50. The molecule has 1 aromatic rings. The molecule has 3 aliphatic rings. The summed E-state index contributed by atoms with van der Waals surface area (Å²) in [5, 5.41) is 20.6. The van der Waals surface area contributed by atoms with Crippen LogP contribution in [0.5, 0.6) is 0 Å². The van der Waals surface area contributed by atoms with Crippen molar-refractivity contribution in [3.05, 3.63) is 34.1 Å². The number of amides is 1. The number of benzene rings is 1. The van der Waals surface area contributed by atoms with Gasteiger partial charge < -0.3 is 14.9 Å². The first-order valence-electron chi connectivity index (χ1n) is 10.1. The molecule has 1 aliphatic carbocycles. The average molecular weight is 391 g/mol. The number of non-ortho nitro benzene ring substituents is 1. The van der Waals surface area contributed by atoms with Crippen molar-refractivity contribution in [1.82, 2.24) is 4.90 Å². The van der Waals surface area contributed by atoms with E-state index >= 15 is 0 Å². The van der Waals surface area contributed by atoms with Crippen molar-refractivity contribution in [3.63, 3.8) is 0 Å². The summed E-state index contributed by atoms with van der Waals surface area (Å²) in [6, 6.07) is 3.91. The fourth-order valence-corrected chi connectivity index (χ4v) is 5.15. The number of rotatable bonds is 3. The van der Waals surface area contributed by atoms with E-state index < -0.39 is 16.2 Å². The number of nitrogens with zero attached hydrogens (tertiary/aromatic N) is 3. The van der Waals surface area contributed by atoms with Gasteiger partial charge in [0, 0.05) is 31.7 Å². The zero-order chi connectivity index (χ0) is 19.9. The minimum absolute atomic E-state index is 0.154. The van der Waals surface area contributed by atoms with Gasteiger partial charge in [-0.3, -0.25) is 14.9 Å². The number of aliphatic hydroxyl groups excluding tert-OH is 1. The highest BCUT2D eigenvalue weighted by Gasteiger charge is 2.50. The van der Waals surface area contributed by atoms with Crippen molar-refractivity contribution in [2.24, 2.45) is 5.41 Å². The molecule has 2 saturated heterocycles. The van der Waals surface area contributed by atoms with Crippen LogP contribution in [0.2, 0.25) is 0 Å². The van der Waals surface area contributed by atoms with Crippen molar-refractivity contribution in [1.29, 1.82) is 0 Å². The molecule has 7 nitrogen and oxygen atoms in total. The van der Waals surface area contributed by atoms with Gasteiger partial charge in [0.05, 0.1) is 28.2 Å².